The van der Waals surface area contributed by atoms with Gasteiger partial charge in [0.05, 0.1) is 31.6 Å². The molecule has 0 amide bonds. The van der Waals surface area contributed by atoms with Gasteiger partial charge in [0, 0.05) is 11.3 Å². The van der Waals surface area contributed by atoms with E-state index in [9.17, 15) is 0 Å². The SMILES string of the molecule is [2H]c1c([2H])c([2H])c(-c2cc(-c3c([2H])c([2H])c([2H])c([2H])c3[2H])cc(-c3c4ccccc4c(-c4cccc(-c5nc6ccccc6n5-c5c([2H])c([2H])c([2H])c([2H])c5[2H])c4)c4ccccc34)c2)c([2H])c1[2H]. The van der Waals surface area contributed by atoms with E-state index >= 15 is 0 Å². The lowest BCUT2D eigenvalue weighted by Crippen LogP contribution is -1.97. The Labute approximate surface area is 330 Å². The van der Waals surface area contributed by atoms with Crippen molar-refractivity contribution in [2.75, 3.05) is 0 Å². The van der Waals surface area contributed by atoms with Crippen molar-refractivity contribution in [1.82, 2.24) is 9.55 Å². The molecule has 0 atom stereocenters. The summed E-state index contributed by atoms with van der Waals surface area (Å²) in [5.41, 5.74) is 4.48. The average Bonchev–Trinajstić information content (AvgIpc) is 3.73. The third-order valence-corrected chi connectivity index (χ3v) is 9.41. The van der Waals surface area contributed by atoms with Crippen molar-refractivity contribution < 1.29 is 20.6 Å². The first kappa shape index (κ1) is 19.0. The number of hydrogen-bond donors (Lipinski definition) is 0. The number of para-hydroxylation sites is 3. The van der Waals surface area contributed by atoms with Crippen LogP contribution in [-0.4, -0.2) is 9.55 Å². The van der Waals surface area contributed by atoms with Crippen molar-refractivity contribution in [3.8, 4) is 61.6 Å². The highest BCUT2D eigenvalue weighted by atomic mass is 15.1. The molecule has 0 radical (unpaired) electrons. The van der Waals surface area contributed by atoms with Crippen LogP contribution < -0.4 is 0 Å². The van der Waals surface area contributed by atoms with Gasteiger partial charge in [0.25, 0.3) is 0 Å². The molecular weight excluding hydrogens is 641 g/mol. The molecule has 10 aromatic rings. The standard InChI is InChI=1S/C51H34N2/c1-4-17-35(18-5-1)39-32-40(36-19-6-2-7-20-36)34-41(33-39)50-45-27-12-10-25-43(45)49(44-26-11-13-28-46(44)50)37-21-16-22-38(31-37)51-52-47-29-14-15-30-48(47)53(51)42-23-8-3-9-24-42/h1-34H/i1D,2D,3D,4D,5D,6D,7D,8D,9D,17D,18D,19D,20D,23D,24D. The Balaban J connectivity index is 1.26. The molecule has 0 saturated carbocycles. The smallest absolute Gasteiger partial charge is 0.145 e. The molecule has 0 N–H and O–H groups in total. The van der Waals surface area contributed by atoms with E-state index in [-0.39, 0.29) is 40.0 Å². The molecule has 0 spiro atoms. The quantitative estimate of drug-likeness (QED) is 0.159. The summed E-state index contributed by atoms with van der Waals surface area (Å²) in [5, 5.41) is 3.05. The van der Waals surface area contributed by atoms with E-state index in [1.165, 1.54) is 6.07 Å². The molecule has 53 heavy (non-hydrogen) atoms. The fraction of sp³-hybridized carbons (Fsp3) is 0. The van der Waals surface area contributed by atoms with Crippen molar-refractivity contribution >= 4 is 32.6 Å². The van der Waals surface area contributed by atoms with Crippen LogP contribution in [0.25, 0.3) is 94.2 Å². The normalized spacial score (nSPS) is 15.4. The molecule has 0 saturated heterocycles. The fourth-order valence-corrected chi connectivity index (χ4v) is 7.21. The Bertz CT molecular complexity index is 3590. The number of imidazole rings is 1. The molecule has 0 aliphatic carbocycles. The second kappa shape index (κ2) is 12.9. The zero-order valence-electron chi connectivity index (χ0n) is 42.9. The Morgan fingerprint density at radius 2 is 0.830 bits per heavy atom. The topological polar surface area (TPSA) is 17.8 Å². The summed E-state index contributed by atoms with van der Waals surface area (Å²) >= 11 is 0. The molecular formula is C51H34N2. The third-order valence-electron chi connectivity index (χ3n) is 9.41. The molecule has 2 heteroatoms. The van der Waals surface area contributed by atoms with Crippen LogP contribution >= 0.6 is 0 Å². The van der Waals surface area contributed by atoms with Crippen molar-refractivity contribution in [1.29, 1.82) is 0 Å². The third kappa shape index (κ3) is 5.40. The van der Waals surface area contributed by atoms with Crippen LogP contribution in [0.15, 0.2) is 206 Å². The lowest BCUT2D eigenvalue weighted by molar-refractivity contribution is 1.10. The maximum atomic E-state index is 8.93. The number of fused-ring (bicyclic) bond motifs is 3. The lowest BCUT2D eigenvalue weighted by atomic mass is 9.84. The summed E-state index contributed by atoms with van der Waals surface area (Å²) in [6, 6.07) is 27.6. The molecule has 9 aromatic carbocycles. The van der Waals surface area contributed by atoms with E-state index in [0.717, 1.165) is 32.7 Å². The van der Waals surface area contributed by atoms with E-state index in [4.69, 9.17) is 25.5 Å². The lowest BCUT2D eigenvalue weighted by Gasteiger charge is -2.19. The van der Waals surface area contributed by atoms with Gasteiger partial charge in [-0.05, 0) is 115 Å². The minimum absolute atomic E-state index is 0.0424. The average molecular weight is 690 g/mol. The summed E-state index contributed by atoms with van der Waals surface area (Å²) in [4.78, 5) is 4.96. The number of rotatable bonds is 6. The summed E-state index contributed by atoms with van der Waals surface area (Å²) in [5.74, 6) is 0.349. The van der Waals surface area contributed by atoms with Crippen LogP contribution in [0.2, 0.25) is 0 Å². The van der Waals surface area contributed by atoms with Gasteiger partial charge in [-0.3, -0.25) is 4.57 Å². The first-order chi connectivity index (χ1) is 32.5. The highest BCUT2D eigenvalue weighted by Crippen LogP contribution is 2.46. The zero-order valence-corrected chi connectivity index (χ0v) is 27.9. The van der Waals surface area contributed by atoms with Crippen LogP contribution in [0.5, 0.6) is 0 Å². The van der Waals surface area contributed by atoms with E-state index in [1.807, 2.05) is 78.9 Å². The summed E-state index contributed by atoms with van der Waals surface area (Å²) in [6.07, 6.45) is 0. The van der Waals surface area contributed by atoms with E-state index in [2.05, 4.69) is 0 Å². The molecule has 2 nitrogen and oxygen atoms in total. The molecule has 0 unspecified atom stereocenters. The summed E-state index contributed by atoms with van der Waals surface area (Å²) < 4.78 is 131. The van der Waals surface area contributed by atoms with Crippen LogP contribution in [0, 0.1) is 0 Å². The molecule has 0 aliphatic heterocycles. The minimum atomic E-state index is -0.575. The molecule has 0 bridgehead atoms. The van der Waals surface area contributed by atoms with E-state index < -0.39 is 78.6 Å². The van der Waals surface area contributed by atoms with Gasteiger partial charge < -0.3 is 0 Å². The number of benzene rings is 9. The van der Waals surface area contributed by atoms with Gasteiger partial charge in [-0.2, -0.15) is 0 Å². The zero-order chi connectivity index (χ0) is 48.2. The second-order valence-corrected chi connectivity index (χ2v) is 12.5. The number of hydrogen-bond acceptors (Lipinski definition) is 1. The predicted molar refractivity (Wildman–Crippen MR) is 223 cm³/mol. The van der Waals surface area contributed by atoms with Crippen LogP contribution in [-0.2, 0) is 0 Å². The van der Waals surface area contributed by atoms with Crippen molar-refractivity contribution in [3.63, 3.8) is 0 Å². The monoisotopic (exact) mass is 689 g/mol. The van der Waals surface area contributed by atoms with E-state index in [1.54, 1.807) is 34.9 Å². The summed E-state index contributed by atoms with van der Waals surface area (Å²) in [7, 11) is 0. The molecule has 0 aliphatic rings. The number of aromatic nitrogens is 2. The van der Waals surface area contributed by atoms with Crippen molar-refractivity contribution in [2.45, 2.75) is 0 Å². The van der Waals surface area contributed by atoms with Crippen LogP contribution in [0.3, 0.4) is 0 Å². The minimum Gasteiger partial charge on any atom is -0.292 e. The van der Waals surface area contributed by atoms with Gasteiger partial charge >= 0.3 is 0 Å². The fourth-order valence-electron chi connectivity index (χ4n) is 7.21. The highest BCUT2D eigenvalue weighted by Gasteiger charge is 2.20. The summed E-state index contributed by atoms with van der Waals surface area (Å²) in [6.45, 7) is 0. The largest absolute Gasteiger partial charge is 0.292 e. The van der Waals surface area contributed by atoms with Gasteiger partial charge in [-0.25, -0.2) is 4.98 Å². The molecule has 248 valence electrons. The second-order valence-electron chi connectivity index (χ2n) is 12.5. The first-order valence-corrected chi connectivity index (χ1v) is 16.9. The Morgan fingerprint density at radius 3 is 1.42 bits per heavy atom. The van der Waals surface area contributed by atoms with Crippen molar-refractivity contribution in [2.24, 2.45) is 0 Å². The van der Waals surface area contributed by atoms with Gasteiger partial charge in [0.15, 0.2) is 0 Å². The van der Waals surface area contributed by atoms with Crippen LogP contribution in [0.1, 0.15) is 20.6 Å². The highest BCUT2D eigenvalue weighted by molar-refractivity contribution is 6.21. The van der Waals surface area contributed by atoms with Crippen molar-refractivity contribution in [3.05, 3.63) is 206 Å². The maximum Gasteiger partial charge on any atom is 0.145 e. The van der Waals surface area contributed by atoms with Gasteiger partial charge in [-0.15, -0.1) is 0 Å². The van der Waals surface area contributed by atoms with Gasteiger partial charge in [0.2, 0.25) is 0 Å². The van der Waals surface area contributed by atoms with Gasteiger partial charge in [0.1, 0.15) is 5.82 Å². The molecule has 1 heterocycles. The first-order valence-electron chi connectivity index (χ1n) is 24.4. The number of nitrogens with zero attached hydrogens (tertiary/aromatic N) is 2. The Morgan fingerprint density at radius 1 is 0.377 bits per heavy atom. The van der Waals surface area contributed by atoms with Gasteiger partial charge in [-0.1, -0.05) is 157 Å². The molecule has 10 rings (SSSR count). The van der Waals surface area contributed by atoms with E-state index in [0.29, 0.717) is 33.5 Å². The van der Waals surface area contributed by atoms with Crippen LogP contribution in [0.4, 0.5) is 0 Å². The predicted octanol–water partition coefficient (Wildman–Crippen LogP) is 13.7. The molecule has 1 aromatic heterocycles. The Kier molecular flexibility index (Phi) is 4.64. The Hall–Kier alpha value is -7.03. The molecule has 0 fully saturated rings. The maximum absolute atomic E-state index is 8.93.